The lowest BCUT2D eigenvalue weighted by Gasteiger charge is -2.34. The fourth-order valence-electron chi connectivity index (χ4n) is 1.87. The molecule has 0 saturated heterocycles. The molecular formula is C12H20N2O5. The van der Waals surface area contributed by atoms with Crippen LogP contribution in [0.5, 0.6) is 0 Å². The van der Waals surface area contributed by atoms with Gasteiger partial charge >= 0.3 is 0 Å². The minimum absolute atomic E-state index is 0.00713. The number of hydrogen-bond donors (Lipinski definition) is 4. The van der Waals surface area contributed by atoms with E-state index in [9.17, 15) is 15.0 Å². The number of likely N-dealkylation sites (N-methyl/N-ethyl adjacent to an activating group) is 2. The summed E-state index contributed by atoms with van der Waals surface area (Å²) in [6.45, 7) is 0.0754. The first-order valence-electron chi connectivity index (χ1n) is 5.91. The van der Waals surface area contributed by atoms with Crippen LogP contribution in [0.1, 0.15) is 0 Å². The number of ketones is 1. The van der Waals surface area contributed by atoms with Gasteiger partial charge in [0.2, 0.25) is 11.6 Å². The summed E-state index contributed by atoms with van der Waals surface area (Å²) in [5.41, 5.74) is 0.118. The molecule has 0 bridgehead atoms. The number of rotatable bonds is 6. The molecule has 0 fully saturated rings. The van der Waals surface area contributed by atoms with E-state index in [1.165, 1.54) is 9.80 Å². The molecular weight excluding hydrogens is 252 g/mol. The molecule has 0 spiro atoms. The largest absolute Gasteiger partial charge is 0.395 e. The van der Waals surface area contributed by atoms with E-state index in [4.69, 9.17) is 10.2 Å². The molecule has 0 amide bonds. The lowest BCUT2D eigenvalue weighted by Crippen LogP contribution is -2.43. The van der Waals surface area contributed by atoms with E-state index in [1.807, 2.05) is 0 Å². The summed E-state index contributed by atoms with van der Waals surface area (Å²) >= 11 is 0. The third kappa shape index (κ3) is 3.54. The molecule has 0 atom stereocenters. The van der Waals surface area contributed by atoms with Crippen LogP contribution in [0.3, 0.4) is 0 Å². The van der Waals surface area contributed by atoms with Crippen LogP contribution in [0.2, 0.25) is 0 Å². The van der Waals surface area contributed by atoms with Crippen molar-refractivity contribution in [1.82, 2.24) is 9.80 Å². The van der Waals surface area contributed by atoms with Crippen LogP contribution in [0, 0.1) is 0 Å². The van der Waals surface area contributed by atoms with Crippen molar-refractivity contribution in [1.29, 1.82) is 0 Å². The van der Waals surface area contributed by atoms with Gasteiger partial charge in [0.05, 0.1) is 24.6 Å². The number of aliphatic hydroxyl groups excluding tert-OH is 2. The standard InChI is InChI=1S/C12H20N2O5/c1-13(3-5-15)9-8-12(18,19)11(7-10(9)17)14(2)4-6-16/h7-8,15-16,18-19H,3-6H2,1-2H3. The van der Waals surface area contributed by atoms with Gasteiger partial charge in [0, 0.05) is 39.3 Å². The van der Waals surface area contributed by atoms with Gasteiger partial charge in [0.25, 0.3) is 0 Å². The Balaban J connectivity index is 3.00. The molecule has 108 valence electrons. The summed E-state index contributed by atoms with van der Waals surface area (Å²) in [7, 11) is 3.12. The number of hydrogen-bond acceptors (Lipinski definition) is 7. The first-order valence-corrected chi connectivity index (χ1v) is 5.91. The summed E-state index contributed by atoms with van der Waals surface area (Å²) < 4.78 is 0. The highest BCUT2D eigenvalue weighted by Crippen LogP contribution is 2.26. The summed E-state index contributed by atoms with van der Waals surface area (Å²) in [5.74, 6) is -2.66. The minimum Gasteiger partial charge on any atom is -0.395 e. The monoisotopic (exact) mass is 272 g/mol. The van der Waals surface area contributed by atoms with Gasteiger partial charge < -0.3 is 30.2 Å². The van der Waals surface area contributed by atoms with Gasteiger partial charge in [-0.05, 0) is 0 Å². The molecule has 0 saturated carbocycles. The predicted molar refractivity (Wildman–Crippen MR) is 67.8 cm³/mol. The average Bonchev–Trinajstić information content (AvgIpc) is 2.32. The third-order valence-corrected chi connectivity index (χ3v) is 2.93. The number of aliphatic hydroxyl groups is 4. The second kappa shape index (κ2) is 6.16. The topological polar surface area (TPSA) is 104 Å². The summed E-state index contributed by atoms with van der Waals surface area (Å²) in [4.78, 5) is 14.8. The molecule has 0 aromatic carbocycles. The number of allylic oxidation sites excluding steroid dienone is 1. The highest BCUT2D eigenvalue weighted by Gasteiger charge is 2.36. The Kier molecular flexibility index (Phi) is 5.07. The van der Waals surface area contributed by atoms with Crippen LogP contribution in [0.4, 0.5) is 0 Å². The maximum atomic E-state index is 11.9. The Morgan fingerprint density at radius 3 is 2.16 bits per heavy atom. The Morgan fingerprint density at radius 1 is 1.11 bits per heavy atom. The molecule has 4 N–H and O–H groups in total. The molecule has 1 aliphatic rings. The van der Waals surface area contributed by atoms with Crippen molar-refractivity contribution >= 4 is 5.78 Å². The van der Waals surface area contributed by atoms with E-state index in [1.54, 1.807) is 14.1 Å². The van der Waals surface area contributed by atoms with E-state index in [2.05, 4.69) is 0 Å². The zero-order valence-electron chi connectivity index (χ0n) is 11.1. The third-order valence-electron chi connectivity index (χ3n) is 2.93. The molecule has 1 rings (SSSR count). The average molecular weight is 272 g/mol. The van der Waals surface area contributed by atoms with Gasteiger partial charge in [-0.3, -0.25) is 4.79 Å². The van der Waals surface area contributed by atoms with Crippen molar-refractivity contribution in [3.8, 4) is 0 Å². The lowest BCUT2D eigenvalue weighted by atomic mass is 10.00. The first-order chi connectivity index (χ1) is 8.83. The molecule has 7 heteroatoms. The van der Waals surface area contributed by atoms with Crippen molar-refractivity contribution in [3.63, 3.8) is 0 Å². The van der Waals surface area contributed by atoms with Crippen LogP contribution >= 0.6 is 0 Å². The number of carbonyl (C=O) groups excluding carboxylic acids is 1. The molecule has 0 aromatic rings. The van der Waals surface area contributed by atoms with Gasteiger partial charge in [-0.2, -0.15) is 0 Å². The molecule has 19 heavy (non-hydrogen) atoms. The molecule has 7 nitrogen and oxygen atoms in total. The Bertz CT molecular complexity index is 403. The van der Waals surface area contributed by atoms with E-state index < -0.39 is 5.79 Å². The molecule has 0 aliphatic heterocycles. The fourth-order valence-corrected chi connectivity index (χ4v) is 1.87. The van der Waals surface area contributed by atoms with Crippen molar-refractivity contribution in [2.24, 2.45) is 0 Å². The van der Waals surface area contributed by atoms with Gasteiger partial charge in [0.15, 0.2) is 0 Å². The SMILES string of the molecule is CN(CCO)C1=CC(O)(O)C(N(C)CCO)=CC1=O. The highest BCUT2D eigenvalue weighted by molar-refractivity contribution is 6.05. The predicted octanol–water partition coefficient (Wildman–Crippen LogP) is -2.13. The Labute approximate surface area is 111 Å². The summed E-state index contributed by atoms with van der Waals surface area (Å²) in [6.07, 6.45) is 2.16. The fraction of sp³-hybridized carbons (Fsp3) is 0.583. The molecule has 0 aromatic heterocycles. The van der Waals surface area contributed by atoms with Crippen LogP contribution in [-0.2, 0) is 4.79 Å². The van der Waals surface area contributed by atoms with Crippen LogP contribution in [0.15, 0.2) is 23.5 Å². The van der Waals surface area contributed by atoms with E-state index in [-0.39, 0.29) is 43.5 Å². The second-order valence-corrected chi connectivity index (χ2v) is 4.44. The second-order valence-electron chi connectivity index (χ2n) is 4.44. The van der Waals surface area contributed by atoms with E-state index >= 15 is 0 Å². The maximum absolute atomic E-state index is 11.9. The molecule has 0 radical (unpaired) electrons. The van der Waals surface area contributed by atoms with Crippen LogP contribution in [0.25, 0.3) is 0 Å². The van der Waals surface area contributed by atoms with Crippen molar-refractivity contribution < 1.29 is 25.2 Å². The summed E-state index contributed by atoms with van der Waals surface area (Å²) in [6, 6.07) is 0. The zero-order valence-corrected chi connectivity index (χ0v) is 11.1. The van der Waals surface area contributed by atoms with E-state index in [0.717, 1.165) is 12.2 Å². The number of nitrogens with zero attached hydrogens (tertiary/aromatic N) is 2. The minimum atomic E-state index is -2.28. The maximum Gasteiger partial charge on any atom is 0.227 e. The molecule has 0 unspecified atom stereocenters. The van der Waals surface area contributed by atoms with Crippen molar-refractivity contribution in [2.75, 3.05) is 40.4 Å². The quantitative estimate of drug-likeness (QED) is 0.409. The molecule has 1 aliphatic carbocycles. The van der Waals surface area contributed by atoms with Crippen LogP contribution in [-0.4, -0.2) is 82.2 Å². The zero-order chi connectivity index (χ0) is 14.6. The first kappa shape index (κ1) is 15.6. The Morgan fingerprint density at radius 2 is 1.63 bits per heavy atom. The van der Waals surface area contributed by atoms with Crippen molar-refractivity contribution in [3.05, 3.63) is 23.5 Å². The Hall–Kier alpha value is -1.41. The van der Waals surface area contributed by atoms with Gasteiger partial charge in [-0.15, -0.1) is 0 Å². The molecule has 0 heterocycles. The van der Waals surface area contributed by atoms with Gasteiger partial charge in [-0.1, -0.05) is 0 Å². The van der Waals surface area contributed by atoms with Crippen LogP contribution < -0.4 is 0 Å². The van der Waals surface area contributed by atoms with Gasteiger partial charge in [0.1, 0.15) is 0 Å². The summed E-state index contributed by atoms with van der Waals surface area (Å²) in [5, 5.41) is 37.6. The van der Waals surface area contributed by atoms with E-state index in [0.29, 0.717) is 0 Å². The lowest BCUT2D eigenvalue weighted by molar-refractivity contribution is -0.121. The highest BCUT2D eigenvalue weighted by atomic mass is 16.5. The smallest absolute Gasteiger partial charge is 0.227 e. The van der Waals surface area contributed by atoms with Crippen molar-refractivity contribution in [2.45, 2.75) is 5.79 Å². The number of carbonyl (C=O) groups is 1. The van der Waals surface area contributed by atoms with Gasteiger partial charge in [-0.25, -0.2) is 0 Å². The normalized spacial score (nSPS) is 17.9.